The Bertz CT molecular complexity index is 960. The smallest absolute Gasteiger partial charge is 0.165 e. The molecule has 140 valence electrons. The lowest BCUT2D eigenvalue weighted by Gasteiger charge is -2.36. The van der Waals surface area contributed by atoms with Crippen LogP contribution in [0, 0.1) is 26.6 Å². The minimum Gasteiger partial charge on any atom is -0.353 e. The number of pyridine rings is 1. The third kappa shape index (κ3) is 3.47. The first-order valence-electron chi connectivity index (χ1n) is 9.01. The van der Waals surface area contributed by atoms with Crippen LogP contribution in [0.5, 0.6) is 0 Å². The van der Waals surface area contributed by atoms with Gasteiger partial charge in [0.05, 0.1) is 5.69 Å². The van der Waals surface area contributed by atoms with Gasteiger partial charge in [-0.25, -0.2) is 24.0 Å². The molecule has 3 aromatic heterocycles. The van der Waals surface area contributed by atoms with Crippen molar-refractivity contribution in [1.82, 2.24) is 24.7 Å². The van der Waals surface area contributed by atoms with E-state index in [0.717, 1.165) is 36.1 Å². The zero-order valence-corrected chi connectivity index (χ0v) is 15.7. The van der Waals surface area contributed by atoms with Gasteiger partial charge in [0.2, 0.25) is 0 Å². The van der Waals surface area contributed by atoms with Crippen LogP contribution in [0.3, 0.4) is 0 Å². The van der Waals surface area contributed by atoms with Crippen LogP contribution in [-0.4, -0.2) is 50.9 Å². The lowest BCUT2D eigenvalue weighted by atomic mass is 10.3. The van der Waals surface area contributed by atoms with Gasteiger partial charge in [-0.2, -0.15) is 5.10 Å². The summed E-state index contributed by atoms with van der Waals surface area (Å²) in [4.78, 5) is 17.5. The lowest BCUT2D eigenvalue weighted by Crippen LogP contribution is -2.47. The van der Waals surface area contributed by atoms with Crippen LogP contribution >= 0.6 is 0 Å². The molecule has 0 aliphatic carbocycles. The van der Waals surface area contributed by atoms with Gasteiger partial charge >= 0.3 is 0 Å². The number of rotatable bonds is 3. The number of anilines is 2. The summed E-state index contributed by atoms with van der Waals surface area (Å²) < 4.78 is 15.8. The number of hydrogen-bond acceptors (Lipinski definition) is 6. The molecule has 3 aromatic rings. The molecule has 0 aromatic carbocycles. The highest BCUT2D eigenvalue weighted by molar-refractivity contribution is 5.48. The molecule has 1 aliphatic rings. The van der Waals surface area contributed by atoms with E-state index in [1.807, 2.05) is 42.5 Å². The molecule has 0 radical (unpaired) electrons. The molecule has 4 heterocycles. The van der Waals surface area contributed by atoms with Gasteiger partial charge in [-0.15, -0.1) is 0 Å². The van der Waals surface area contributed by atoms with E-state index in [4.69, 9.17) is 0 Å². The fourth-order valence-corrected chi connectivity index (χ4v) is 3.43. The van der Waals surface area contributed by atoms with Gasteiger partial charge in [-0.05, 0) is 39.0 Å². The van der Waals surface area contributed by atoms with Gasteiger partial charge in [0.25, 0.3) is 0 Å². The summed E-state index contributed by atoms with van der Waals surface area (Å²) in [6, 6.07) is 7.04. The highest BCUT2D eigenvalue weighted by atomic mass is 19.1. The number of aromatic nitrogens is 5. The Labute approximate surface area is 157 Å². The standard InChI is InChI=1S/C19H22FN7/c1-13-11-14(2)27(24-13)18-12-17(22-15(3)23-18)25-7-9-26(10-8-25)19-16(20)5-4-6-21-19/h4-6,11-12H,7-10H2,1-3H3. The van der Waals surface area contributed by atoms with Gasteiger partial charge < -0.3 is 9.80 Å². The average Bonchev–Trinajstić information content (AvgIpc) is 3.00. The molecule has 0 amide bonds. The van der Waals surface area contributed by atoms with Crippen LogP contribution in [0.25, 0.3) is 5.82 Å². The third-order valence-electron chi connectivity index (χ3n) is 4.68. The second-order valence-corrected chi connectivity index (χ2v) is 6.75. The monoisotopic (exact) mass is 367 g/mol. The molecule has 27 heavy (non-hydrogen) atoms. The molecule has 0 bridgehead atoms. The normalized spacial score (nSPS) is 14.7. The molecule has 1 aliphatic heterocycles. The average molecular weight is 367 g/mol. The number of aryl methyl sites for hydroxylation is 3. The maximum atomic E-state index is 14.0. The van der Waals surface area contributed by atoms with Gasteiger partial charge in [0.15, 0.2) is 17.5 Å². The molecule has 1 saturated heterocycles. The van der Waals surface area contributed by atoms with Crippen LogP contribution in [0.2, 0.25) is 0 Å². The highest BCUT2D eigenvalue weighted by Gasteiger charge is 2.22. The molecule has 0 spiro atoms. The third-order valence-corrected chi connectivity index (χ3v) is 4.68. The first kappa shape index (κ1) is 17.4. The number of halogens is 1. The Morgan fingerprint density at radius 2 is 1.63 bits per heavy atom. The van der Waals surface area contributed by atoms with Crippen molar-refractivity contribution >= 4 is 11.6 Å². The van der Waals surface area contributed by atoms with Gasteiger partial charge in [-0.3, -0.25) is 0 Å². The fraction of sp³-hybridized carbons (Fsp3) is 0.368. The number of piperazine rings is 1. The van der Waals surface area contributed by atoms with Crippen molar-refractivity contribution in [1.29, 1.82) is 0 Å². The van der Waals surface area contributed by atoms with Gasteiger partial charge in [0, 0.05) is 44.1 Å². The fourth-order valence-electron chi connectivity index (χ4n) is 3.43. The Balaban J connectivity index is 1.55. The van der Waals surface area contributed by atoms with E-state index in [-0.39, 0.29) is 5.82 Å². The molecule has 0 saturated carbocycles. The van der Waals surface area contributed by atoms with Crippen molar-refractivity contribution in [3.63, 3.8) is 0 Å². The zero-order chi connectivity index (χ0) is 19.0. The molecular formula is C19H22FN7. The SMILES string of the molecule is Cc1cc(C)n(-c2cc(N3CCN(c4ncccc4F)CC3)nc(C)n2)n1. The van der Waals surface area contributed by atoms with Crippen LogP contribution in [0.4, 0.5) is 16.0 Å². The van der Waals surface area contributed by atoms with E-state index >= 15 is 0 Å². The Kier molecular flexibility index (Phi) is 4.47. The topological polar surface area (TPSA) is 63.0 Å². The van der Waals surface area contributed by atoms with E-state index in [9.17, 15) is 4.39 Å². The number of hydrogen-bond donors (Lipinski definition) is 0. The van der Waals surface area contributed by atoms with Crippen LogP contribution < -0.4 is 9.80 Å². The predicted molar refractivity (Wildman–Crippen MR) is 102 cm³/mol. The van der Waals surface area contributed by atoms with E-state index in [1.165, 1.54) is 6.07 Å². The molecule has 0 N–H and O–H groups in total. The van der Waals surface area contributed by atoms with Crippen molar-refractivity contribution in [3.05, 3.63) is 53.5 Å². The first-order chi connectivity index (χ1) is 13.0. The minimum absolute atomic E-state index is 0.282. The van der Waals surface area contributed by atoms with E-state index in [2.05, 4.69) is 25.0 Å². The summed E-state index contributed by atoms with van der Waals surface area (Å²) in [5, 5.41) is 4.52. The second kappa shape index (κ2) is 6.94. The van der Waals surface area contributed by atoms with E-state index in [0.29, 0.717) is 24.7 Å². The number of nitrogens with zero attached hydrogens (tertiary/aromatic N) is 7. The molecular weight excluding hydrogens is 345 g/mol. The van der Waals surface area contributed by atoms with Gasteiger partial charge in [-0.1, -0.05) is 0 Å². The van der Waals surface area contributed by atoms with Crippen molar-refractivity contribution in [2.75, 3.05) is 36.0 Å². The molecule has 4 rings (SSSR count). The first-order valence-corrected chi connectivity index (χ1v) is 9.01. The van der Waals surface area contributed by atoms with E-state index < -0.39 is 0 Å². The Morgan fingerprint density at radius 1 is 0.926 bits per heavy atom. The zero-order valence-electron chi connectivity index (χ0n) is 15.7. The largest absolute Gasteiger partial charge is 0.353 e. The summed E-state index contributed by atoms with van der Waals surface area (Å²) in [5.41, 5.74) is 1.99. The second-order valence-electron chi connectivity index (χ2n) is 6.75. The van der Waals surface area contributed by atoms with Gasteiger partial charge in [0.1, 0.15) is 11.6 Å². The van der Waals surface area contributed by atoms with E-state index in [1.54, 1.807) is 12.3 Å². The quantitative estimate of drug-likeness (QED) is 0.709. The molecule has 8 heteroatoms. The molecule has 0 unspecified atom stereocenters. The summed E-state index contributed by atoms with van der Waals surface area (Å²) in [7, 11) is 0. The Hall–Kier alpha value is -3.03. The van der Waals surface area contributed by atoms with Crippen molar-refractivity contribution in [2.24, 2.45) is 0 Å². The van der Waals surface area contributed by atoms with Crippen molar-refractivity contribution in [2.45, 2.75) is 20.8 Å². The predicted octanol–water partition coefficient (Wildman–Crippen LogP) is 2.45. The minimum atomic E-state index is -0.282. The van der Waals surface area contributed by atoms with Crippen LogP contribution in [0.15, 0.2) is 30.5 Å². The highest BCUT2D eigenvalue weighted by Crippen LogP contribution is 2.21. The van der Waals surface area contributed by atoms with Crippen LogP contribution in [-0.2, 0) is 0 Å². The summed E-state index contributed by atoms with van der Waals surface area (Å²) in [5.74, 6) is 2.47. The summed E-state index contributed by atoms with van der Waals surface area (Å²) >= 11 is 0. The maximum Gasteiger partial charge on any atom is 0.165 e. The maximum absolute atomic E-state index is 14.0. The lowest BCUT2D eigenvalue weighted by molar-refractivity contribution is 0.586. The molecule has 7 nitrogen and oxygen atoms in total. The molecule has 1 fully saturated rings. The summed E-state index contributed by atoms with van der Waals surface area (Å²) in [6.07, 6.45) is 1.62. The van der Waals surface area contributed by atoms with Crippen LogP contribution in [0.1, 0.15) is 17.2 Å². The van der Waals surface area contributed by atoms with Crippen molar-refractivity contribution < 1.29 is 4.39 Å². The molecule has 0 atom stereocenters. The summed E-state index contributed by atoms with van der Waals surface area (Å²) in [6.45, 7) is 8.72. The Morgan fingerprint density at radius 3 is 2.30 bits per heavy atom. The van der Waals surface area contributed by atoms with Crippen molar-refractivity contribution in [3.8, 4) is 5.82 Å².